The lowest BCUT2D eigenvalue weighted by Crippen LogP contribution is -2.39. The lowest BCUT2D eigenvalue weighted by molar-refractivity contribution is 0.256. The SMILES string of the molecule is Cc1cc(CC(=NO)c2nonc2CC2CC3CC2CN3S(C)(=O)=O)ccc1F. The van der Waals surface area contributed by atoms with Crippen LogP contribution in [0.2, 0.25) is 0 Å². The van der Waals surface area contributed by atoms with Gasteiger partial charge in [0.05, 0.1) is 6.26 Å². The van der Waals surface area contributed by atoms with E-state index < -0.39 is 10.0 Å². The zero-order valence-electron chi connectivity index (χ0n) is 16.2. The number of aryl methyl sites for hydroxylation is 1. The van der Waals surface area contributed by atoms with Gasteiger partial charge in [-0.15, -0.1) is 0 Å². The van der Waals surface area contributed by atoms with E-state index in [1.807, 2.05) is 0 Å². The molecule has 1 N–H and O–H groups in total. The van der Waals surface area contributed by atoms with E-state index in [1.165, 1.54) is 12.3 Å². The molecule has 2 heterocycles. The first-order valence-electron chi connectivity index (χ1n) is 9.51. The molecule has 2 fully saturated rings. The second kappa shape index (κ2) is 7.49. The van der Waals surface area contributed by atoms with E-state index in [-0.39, 0.29) is 30.1 Å². The molecule has 3 unspecified atom stereocenters. The molecule has 1 saturated carbocycles. The molecule has 10 heteroatoms. The van der Waals surface area contributed by atoms with Crippen LogP contribution >= 0.6 is 0 Å². The molecule has 2 aliphatic rings. The fourth-order valence-corrected chi connectivity index (χ4v) is 5.84. The maximum absolute atomic E-state index is 13.5. The molecule has 156 valence electrons. The average molecular weight is 422 g/mol. The normalized spacial score (nSPS) is 25.1. The van der Waals surface area contributed by atoms with Crippen molar-refractivity contribution in [1.29, 1.82) is 0 Å². The van der Waals surface area contributed by atoms with Gasteiger partial charge in [0.2, 0.25) is 10.0 Å². The Bertz CT molecular complexity index is 1050. The molecule has 4 rings (SSSR count). The number of oxime groups is 1. The van der Waals surface area contributed by atoms with Crippen LogP contribution < -0.4 is 0 Å². The van der Waals surface area contributed by atoms with Crippen molar-refractivity contribution in [3.05, 3.63) is 46.5 Å². The number of piperidine rings is 1. The molecular weight excluding hydrogens is 399 g/mol. The van der Waals surface area contributed by atoms with Crippen molar-refractivity contribution in [2.75, 3.05) is 12.8 Å². The fourth-order valence-electron chi connectivity index (χ4n) is 4.66. The van der Waals surface area contributed by atoms with Crippen LogP contribution in [0.5, 0.6) is 0 Å². The van der Waals surface area contributed by atoms with Gasteiger partial charge in [-0.3, -0.25) is 0 Å². The lowest BCUT2D eigenvalue weighted by Gasteiger charge is -2.29. The summed E-state index contributed by atoms with van der Waals surface area (Å²) in [6, 6.07) is 4.75. The summed E-state index contributed by atoms with van der Waals surface area (Å²) < 4.78 is 43.7. The van der Waals surface area contributed by atoms with E-state index in [9.17, 15) is 18.0 Å². The standard InChI is InChI=1S/C19H23FN4O4S/c1-11-5-12(3-4-16(11)20)6-17(21-25)19-18(22-28-23-19)9-13-7-15-8-14(13)10-24(15)29(2,26)27/h3-5,13-15,25H,6-10H2,1-2H3. The summed E-state index contributed by atoms with van der Waals surface area (Å²) in [6.45, 7) is 2.21. The number of fused-ring (bicyclic) bond motifs is 2. The van der Waals surface area contributed by atoms with E-state index in [2.05, 4.69) is 15.5 Å². The molecule has 1 aromatic heterocycles. The minimum Gasteiger partial charge on any atom is -0.411 e. The average Bonchev–Trinajstić information content (AvgIpc) is 3.38. The fraction of sp³-hybridized carbons (Fsp3) is 0.526. The quantitative estimate of drug-likeness (QED) is 0.434. The van der Waals surface area contributed by atoms with Crippen LogP contribution in [0.3, 0.4) is 0 Å². The van der Waals surface area contributed by atoms with Gasteiger partial charge in [-0.05, 0) is 60.4 Å². The Labute approximate surface area is 168 Å². The number of rotatable bonds is 6. The van der Waals surface area contributed by atoms with E-state index >= 15 is 0 Å². The van der Waals surface area contributed by atoms with Crippen LogP contribution in [-0.2, 0) is 22.9 Å². The van der Waals surface area contributed by atoms with Crippen molar-refractivity contribution >= 4 is 15.7 Å². The first-order chi connectivity index (χ1) is 13.8. The molecule has 0 amide bonds. The molecule has 0 radical (unpaired) electrons. The highest BCUT2D eigenvalue weighted by atomic mass is 32.2. The molecule has 1 aliphatic heterocycles. The number of aromatic nitrogens is 2. The predicted octanol–water partition coefficient (Wildman–Crippen LogP) is 2.15. The third-order valence-corrected chi connectivity index (χ3v) is 7.36. The van der Waals surface area contributed by atoms with Crippen LogP contribution in [0.25, 0.3) is 0 Å². The van der Waals surface area contributed by atoms with Gasteiger partial charge < -0.3 is 5.21 Å². The monoisotopic (exact) mass is 422 g/mol. The van der Waals surface area contributed by atoms with Gasteiger partial charge in [0, 0.05) is 19.0 Å². The molecule has 1 aromatic carbocycles. The van der Waals surface area contributed by atoms with Gasteiger partial charge in [0.15, 0.2) is 5.69 Å². The predicted molar refractivity (Wildman–Crippen MR) is 103 cm³/mol. The van der Waals surface area contributed by atoms with E-state index in [1.54, 1.807) is 23.4 Å². The van der Waals surface area contributed by atoms with Crippen molar-refractivity contribution in [3.63, 3.8) is 0 Å². The zero-order valence-corrected chi connectivity index (χ0v) is 17.1. The number of hydrogen-bond acceptors (Lipinski definition) is 7. The van der Waals surface area contributed by atoms with Gasteiger partial charge in [0.1, 0.15) is 17.2 Å². The number of nitrogens with zero attached hydrogens (tertiary/aromatic N) is 4. The summed E-state index contributed by atoms with van der Waals surface area (Å²) in [5, 5.41) is 20.8. The van der Waals surface area contributed by atoms with Crippen LogP contribution in [0, 0.1) is 24.6 Å². The minimum atomic E-state index is -3.18. The van der Waals surface area contributed by atoms with Gasteiger partial charge in [-0.2, -0.15) is 4.31 Å². The van der Waals surface area contributed by atoms with Gasteiger partial charge in [-0.1, -0.05) is 22.4 Å². The van der Waals surface area contributed by atoms with Crippen molar-refractivity contribution in [3.8, 4) is 0 Å². The van der Waals surface area contributed by atoms with Crippen LogP contribution in [0.4, 0.5) is 4.39 Å². The Kier molecular flexibility index (Phi) is 5.16. The van der Waals surface area contributed by atoms with Crippen LogP contribution in [-0.4, -0.2) is 52.8 Å². The summed E-state index contributed by atoms with van der Waals surface area (Å²) in [4.78, 5) is 0. The molecule has 0 spiro atoms. The summed E-state index contributed by atoms with van der Waals surface area (Å²) in [5.74, 6) is 0.254. The maximum Gasteiger partial charge on any atom is 0.211 e. The van der Waals surface area contributed by atoms with Crippen LogP contribution in [0.1, 0.15) is 35.4 Å². The highest BCUT2D eigenvalue weighted by Gasteiger charge is 2.48. The van der Waals surface area contributed by atoms with Gasteiger partial charge in [-0.25, -0.2) is 17.4 Å². The van der Waals surface area contributed by atoms with Crippen LogP contribution in [0.15, 0.2) is 28.0 Å². The Balaban J connectivity index is 1.48. The Morgan fingerprint density at radius 2 is 2.17 bits per heavy atom. The second-order valence-corrected chi connectivity index (χ2v) is 9.98. The highest BCUT2D eigenvalue weighted by Crippen LogP contribution is 2.44. The van der Waals surface area contributed by atoms with E-state index in [0.29, 0.717) is 35.6 Å². The molecule has 1 aliphatic carbocycles. The summed E-state index contributed by atoms with van der Waals surface area (Å²) >= 11 is 0. The lowest BCUT2D eigenvalue weighted by atomic mass is 9.89. The van der Waals surface area contributed by atoms with E-state index in [0.717, 1.165) is 18.4 Å². The molecule has 8 nitrogen and oxygen atoms in total. The minimum absolute atomic E-state index is 0.0384. The van der Waals surface area contributed by atoms with Gasteiger partial charge in [0.25, 0.3) is 0 Å². The summed E-state index contributed by atoms with van der Waals surface area (Å²) in [5.41, 5.74) is 2.58. The number of halogens is 1. The first-order valence-corrected chi connectivity index (χ1v) is 11.4. The number of sulfonamides is 1. The first kappa shape index (κ1) is 20.0. The van der Waals surface area contributed by atoms with Crippen molar-refractivity contribution in [2.45, 2.75) is 38.6 Å². The zero-order chi connectivity index (χ0) is 20.8. The van der Waals surface area contributed by atoms with Crippen molar-refractivity contribution in [1.82, 2.24) is 14.6 Å². The summed E-state index contributed by atoms with van der Waals surface area (Å²) in [7, 11) is -3.18. The Hall–Kier alpha value is -2.33. The maximum atomic E-state index is 13.5. The highest BCUT2D eigenvalue weighted by molar-refractivity contribution is 7.88. The molecule has 29 heavy (non-hydrogen) atoms. The van der Waals surface area contributed by atoms with Crippen molar-refractivity contribution in [2.24, 2.45) is 17.0 Å². The number of hydrogen-bond donors (Lipinski definition) is 1. The third kappa shape index (κ3) is 3.91. The van der Waals surface area contributed by atoms with E-state index in [4.69, 9.17) is 4.63 Å². The van der Waals surface area contributed by atoms with Crippen molar-refractivity contribution < 1.29 is 22.6 Å². The second-order valence-electron chi connectivity index (χ2n) is 8.05. The number of benzene rings is 1. The molecule has 2 aromatic rings. The molecule has 1 saturated heterocycles. The van der Waals surface area contributed by atoms with Gasteiger partial charge >= 0.3 is 0 Å². The molecular formula is C19H23FN4O4S. The topological polar surface area (TPSA) is 109 Å². The summed E-state index contributed by atoms with van der Waals surface area (Å²) in [6.07, 6.45) is 3.72. The third-order valence-electron chi connectivity index (χ3n) is 6.06. The molecule has 3 atom stereocenters. The Morgan fingerprint density at radius 3 is 2.79 bits per heavy atom. The molecule has 2 bridgehead atoms. The largest absolute Gasteiger partial charge is 0.411 e. The smallest absolute Gasteiger partial charge is 0.211 e. The Morgan fingerprint density at radius 1 is 1.38 bits per heavy atom.